The van der Waals surface area contributed by atoms with Crippen molar-refractivity contribution in [3.05, 3.63) is 23.9 Å². The summed E-state index contributed by atoms with van der Waals surface area (Å²) in [5, 5.41) is 19.5. The molecule has 2 aromatic rings. The maximum atomic E-state index is 11.6. The third-order valence-corrected chi connectivity index (χ3v) is 2.62. The third kappa shape index (κ3) is 1.80. The van der Waals surface area contributed by atoms with Crippen LogP contribution in [0.3, 0.4) is 0 Å². The average Bonchev–Trinajstić information content (AvgIpc) is 2.58. The number of hydrogen-bond acceptors (Lipinski definition) is 4. The topological polar surface area (TPSA) is 71.7 Å². The Morgan fingerprint density at radius 3 is 2.59 bits per heavy atom. The lowest BCUT2D eigenvalue weighted by Gasteiger charge is -2.03. The number of esters is 1. The SMILES string of the molecule is CCOC(=O)c1cc2cc(O)c(O)cc2n1C. The maximum Gasteiger partial charge on any atom is 0.354 e. The number of hydrogen-bond donors (Lipinski definition) is 2. The quantitative estimate of drug-likeness (QED) is 0.614. The first kappa shape index (κ1) is 11.3. The molecule has 1 aromatic carbocycles. The highest BCUT2D eigenvalue weighted by molar-refractivity contribution is 5.96. The van der Waals surface area contributed by atoms with Crippen molar-refractivity contribution in [2.24, 2.45) is 7.05 Å². The summed E-state index contributed by atoms with van der Waals surface area (Å²) in [6, 6.07) is 4.44. The van der Waals surface area contributed by atoms with E-state index in [2.05, 4.69) is 0 Å². The first-order chi connectivity index (χ1) is 8.04. The minimum absolute atomic E-state index is 0.210. The molecule has 90 valence electrons. The van der Waals surface area contributed by atoms with E-state index in [1.165, 1.54) is 12.1 Å². The summed E-state index contributed by atoms with van der Waals surface area (Å²) >= 11 is 0. The maximum absolute atomic E-state index is 11.6. The van der Waals surface area contributed by atoms with Gasteiger partial charge in [0.05, 0.1) is 12.1 Å². The molecular formula is C12H13NO4. The molecule has 0 fully saturated rings. The van der Waals surface area contributed by atoms with Gasteiger partial charge < -0.3 is 19.5 Å². The van der Waals surface area contributed by atoms with E-state index in [0.717, 1.165) is 0 Å². The molecule has 2 N–H and O–H groups in total. The molecule has 1 heterocycles. The first-order valence-corrected chi connectivity index (χ1v) is 5.23. The van der Waals surface area contributed by atoms with E-state index in [1.807, 2.05) is 0 Å². The van der Waals surface area contributed by atoms with Crippen LogP contribution >= 0.6 is 0 Å². The molecule has 0 aliphatic heterocycles. The number of aromatic hydroxyl groups is 2. The van der Waals surface area contributed by atoms with Gasteiger partial charge in [-0.2, -0.15) is 0 Å². The van der Waals surface area contributed by atoms with Crippen LogP contribution in [-0.4, -0.2) is 27.4 Å². The fourth-order valence-corrected chi connectivity index (χ4v) is 1.76. The fourth-order valence-electron chi connectivity index (χ4n) is 1.76. The van der Waals surface area contributed by atoms with Crippen LogP contribution in [0.2, 0.25) is 0 Å². The highest BCUT2D eigenvalue weighted by Gasteiger charge is 2.15. The number of phenolic OH excluding ortho intramolecular Hbond substituents is 2. The Morgan fingerprint density at radius 1 is 1.29 bits per heavy atom. The van der Waals surface area contributed by atoms with Crippen molar-refractivity contribution in [1.82, 2.24) is 4.57 Å². The minimum atomic E-state index is -0.426. The Kier molecular flexibility index (Phi) is 2.67. The lowest BCUT2D eigenvalue weighted by atomic mass is 10.2. The number of nitrogens with zero attached hydrogens (tertiary/aromatic N) is 1. The van der Waals surface area contributed by atoms with E-state index in [1.54, 1.807) is 24.6 Å². The zero-order chi connectivity index (χ0) is 12.6. The Hall–Kier alpha value is -2.17. The lowest BCUT2D eigenvalue weighted by molar-refractivity contribution is 0.0516. The molecule has 0 bridgehead atoms. The van der Waals surface area contributed by atoms with Gasteiger partial charge >= 0.3 is 5.97 Å². The normalized spacial score (nSPS) is 10.7. The van der Waals surface area contributed by atoms with Gasteiger partial charge in [-0.3, -0.25) is 0 Å². The van der Waals surface area contributed by atoms with Crippen molar-refractivity contribution in [3.8, 4) is 11.5 Å². The largest absolute Gasteiger partial charge is 0.504 e. The van der Waals surface area contributed by atoms with E-state index < -0.39 is 5.97 Å². The average molecular weight is 235 g/mol. The zero-order valence-corrected chi connectivity index (χ0v) is 9.60. The first-order valence-electron chi connectivity index (χ1n) is 5.23. The summed E-state index contributed by atoms with van der Waals surface area (Å²) in [5.74, 6) is -0.849. The molecule has 0 saturated carbocycles. The molecule has 1 aromatic heterocycles. The number of benzene rings is 1. The van der Waals surface area contributed by atoms with Crippen LogP contribution in [0, 0.1) is 0 Å². The summed E-state index contributed by atoms with van der Waals surface area (Å²) in [5.41, 5.74) is 1.04. The van der Waals surface area contributed by atoms with Gasteiger partial charge in [-0.15, -0.1) is 0 Å². The highest BCUT2D eigenvalue weighted by atomic mass is 16.5. The van der Waals surface area contributed by atoms with E-state index in [-0.39, 0.29) is 11.5 Å². The highest BCUT2D eigenvalue weighted by Crippen LogP contribution is 2.31. The second-order valence-corrected chi connectivity index (χ2v) is 3.71. The fraction of sp³-hybridized carbons (Fsp3) is 0.250. The number of phenols is 2. The number of carbonyl (C=O) groups is 1. The summed E-state index contributed by atoms with van der Waals surface area (Å²) in [4.78, 5) is 11.6. The molecule has 0 unspecified atom stereocenters. The number of ether oxygens (including phenoxy) is 1. The van der Waals surface area contributed by atoms with Gasteiger partial charge in [-0.1, -0.05) is 0 Å². The predicted octanol–water partition coefficient (Wildman–Crippen LogP) is 1.77. The third-order valence-electron chi connectivity index (χ3n) is 2.62. The molecule has 5 heteroatoms. The van der Waals surface area contributed by atoms with Gasteiger partial charge in [0, 0.05) is 18.5 Å². The second-order valence-electron chi connectivity index (χ2n) is 3.71. The van der Waals surface area contributed by atoms with Crippen molar-refractivity contribution in [2.75, 3.05) is 6.61 Å². The van der Waals surface area contributed by atoms with Crippen molar-refractivity contribution >= 4 is 16.9 Å². The van der Waals surface area contributed by atoms with Gasteiger partial charge in [-0.25, -0.2) is 4.79 Å². The smallest absolute Gasteiger partial charge is 0.354 e. The standard InChI is InChI=1S/C12H13NO4/c1-3-17-12(16)9-4-7-5-10(14)11(15)6-8(7)13(9)2/h4-6,14-15H,3H2,1-2H3. The molecular weight excluding hydrogens is 222 g/mol. The van der Waals surface area contributed by atoms with Gasteiger partial charge in [0.1, 0.15) is 5.69 Å². The predicted molar refractivity (Wildman–Crippen MR) is 62.2 cm³/mol. The number of fused-ring (bicyclic) bond motifs is 1. The Bertz CT molecular complexity index is 586. The molecule has 0 spiro atoms. The zero-order valence-electron chi connectivity index (χ0n) is 9.60. The van der Waals surface area contributed by atoms with Crippen molar-refractivity contribution in [2.45, 2.75) is 6.92 Å². The number of aryl methyl sites for hydroxylation is 1. The molecule has 0 aliphatic rings. The van der Waals surface area contributed by atoms with Crippen LogP contribution in [-0.2, 0) is 11.8 Å². The van der Waals surface area contributed by atoms with Crippen LogP contribution in [0.4, 0.5) is 0 Å². The summed E-state index contributed by atoms with van der Waals surface area (Å²) in [6.45, 7) is 2.04. The summed E-state index contributed by atoms with van der Waals surface area (Å²) in [6.07, 6.45) is 0. The van der Waals surface area contributed by atoms with Crippen LogP contribution in [0.5, 0.6) is 11.5 Å². The number of carbonyl (C=O) groups excluding carboxylic acids is 1. The Morgan fingerprint density at radius 2 is 1.94 bits per heavy atom. The van der Waals surface area contributed by atoms with Gasteiger partial charge in [0.2, 0.25) is 0 Å². The Balaban J connectivity index is 2.60. The molecule has 17 heavy (non-hydrogen) atoms. The molecule has 5 nitrogen and oxygen atoms in total. The monoisotopic (exact) mass is 235 g/mol. The summed E-state index contributed by atoms with van der Waals surface area (Å²) in [7, 11) is 1.70. The molecule has 0 saturated heterocycles. The summed E-state index contributed by atoms with van der Waals surface area (Å²) < 4.78 is 6.53. The lowest BCUT2D eigenvalue weighted by Crippen LogP contribution is -2.09. The van der Waals surface area contributed by atoms with Crippen molar-refractivity contribution < 1.29 is 19.7 Å². The van der Waals surface area contributed by atoms with E-state index in [0.29, 0.717) is 23.2 Å². The molecule has 0 atom stereocenters. The van der Waals surface area contributed by atoms with Gasteiger partial charge in [-0.05, 0) is 19.1 Å². The van der Waals surface area contributed by atoms with Crippen LogP contribution in [0.15, 0.2) is 18.2 Å². The van der Waals surface area contributed by atoms with Crippen LogP contribution in [0.1, 0.15) is 17.4 Å². The van der Waals surface area contributed by atoms with Crippen molar-refractivity contribution in [3.63, 3.8) is 0 Å². The van der Waals surface area contributed by atoms with E-state index in [4.69, 9.17) is 4.74 Å². The van der Waals surface area contributed by atoms with E-state index >= 15 is 0 Å². The van der Waals surface area contributed by atoms with E-state index in [9.17, 15) is 15.0 Å². The molecule has 0 radical (unpaired) electrons. The van der Waals surface area contributed by atoms with Gasteiger partial charge in [0.25, 0.3) is 0 Å². The molecule has 0 aliphatic carbocycles. The second kappa shape index (κ2) is 4.01. The molecule has 2 rings (SSSR count). The minimum Gasteiger partial charge on any atom is -0.504 e. The van der Waals surface area contributed by atoms with Crippen LogP contribution in [0.25, 0.3) is 10.9 Å². The number of rotatable bonds is 2. The Labute approximate surface area is 97.9 Å². The molecule has 0 amide bonds. The van der Waals surface area contributed by atoms with Gasteiger partial charge in [0.15, 0.2) is 11.5 Å². The van der Waals surface area contributed by atoms with Crippen molar-refractivity contribution in [1.29, 1.82) is 0 Å². The van der Waals surface area contributed by atoms with Crippen LogP contribution < -0.4 is 0 Å². The number of aromatic nitrogens is 1.